The molecule has 2 saturated heterocycles. The van der Waals surface area contributed by atoms with Crippen molar-refractivity contribution in [2.45, 2.75) is 25.4 Å². The molecular weight excluding hydrogens is 144 g/mol. The molecule has 0 saturated carbocycles. The van der Waals surface area contributed by atoms with Crippen LogP contribution in [-0.2, 0) is 9.59 Å². The smallest absolute Gasteiger partial charge is 0.241 e. The van der Waals surface area contributed by atoms with Crippen LogP contribution in [0.1, 0.15) is 19.8 Å². The van der Waals surface area contributed by atoms with Gasteiger partial charge < -0.3 is 10.2 Å². The largest absolute Gasteiger partial charge is 0.332 e. The maximum absolute atomic E-state index is 11.1. The predicted octanol–water partition coefficient (Wildman–Crippen LogP) is -0.545. The van der Waals surface area contributed by atoms with E-state index in [1.807, 2.05) is 6.92 Å². The van der Waals surface area contributed by atoms with Gasteiger partial charge in [0, 0.05) is 6.42 Å². The molecule has 0 aromatic rings. The Hall–Kier alpha value is -1.06. The molecule has 11 heavy (non-hydrogen) atoms. The third-order valence-electron chi connectivity index (χ3n) is 2.43. The lowest BCUT2D eigenvalue weighted by molar-refractivity contribution is -0.130. The molecule has 0 bridgehead atoms. The Labute approximate surface area is 64.5 Å². The molecule has 0 aromatic heterocycles. The van der Waals surface area contributed by atoms with E-state index >= 15 is 0 Å². The van der Waals surface area contributed by atoms with Gasteiger partial charge in [0.05, 0.1) is 0 Å². The summed E-state index contributed by atoms with van der Waals surface area (Å²) in [4.78, 5) is 23.7. The summed E-state index contributed by atoms with van der Waals surface area (Å²) < 4.78 is 0. The highest BCUT2D eigenvalue weighted by Crippen LogP contribution is 2.30. The van der Waals surface area contributed by atoms with Crippen molar-refractivity contribution in [2.75, 3.05) is 6.54 Å². The summed E-state index contributed by atoms with van der Waals surface area (Å²) in [5, 5.41) is 2.79. The Balaban J connectivity index is 2.31. The summed E-state index contributed by atoms with van der Waals surface area (Å²) in [5.41, 5.74) is -0.367. The quantitative estimate of drug-likeness (QED) is 0.509. The lowest BCUT2D eigenvalue weighted by Crippen LogP contribution is -2.45. The molecule has 2 aliphatic heterocycles. The van der Waals surface area contributed by atoms with Crippen LogP contribution in [-0.4, -0.2) is 28.9 Å². The zero-order chi connectivity index (χ0) is 8.06. The van der Waals surface area contributed by atoms with Crippen LogP contribution in [0, 0.1) is 0 Å². The molecule has 0 unspecified atom stereocenters. The highest BCUT2D eigenvalue weighted by molar-refractivity contribution is 5.91. The Morgan fingerprint density at radius 3 is 2.91 bits per heavy atom. The molecule has 0 aromatic carbocycles. The monoisotopic (exact) mass is 154 g/mol. The van der Waals surface area contributed by atoms with Crippen molar-refractivity contribution in [3.63, 3.8) is 0 Å². The SMILES string of the molecule is C[C@]12CCC(=O)N1CC(=O)N2. The van der Waals surface area contributed by atoms with E-state index in [0.717, 1.165) is 6.42 Å². The number of hydrogen-bond acceptors (Lipinski definition) is 2. The average molecular weight is 154 g/mol. The fourth-order valence-corrected chi connectivity index (χ4v) is 1.77. The minimum Gasteiger partial charge on any atom is -0.332 e. The Kier molecular flexibility index (Phi) is 1.06. The van der Waals surface area contributed by atoms with Gasteiger partial charge in [-0.15, -0.1) is 0 Å². The van der Waals surface area contributed by atoms with Crippen LogP contribution in [0.2, 0.25) is 0 Å². The first-order valence-corrected chi connectivity index (χ1v) is 3.73. The Morgan fingerprint density at radius 1 is 1.55 bits per heavy atom. The number of fused-ring (bicyclic) bond motifs is 1. The summed E-state index contributed by atoms with van der Waals surface area (Å²) in [5.74, 6) is 0.0476. The van der Waals surface area contributed by atoms with E-state index in [1.54, 1.807) is 4.90 Å². The van der Waals surface area contributed by atoms with Gasteiger partial charge in [0.25, 0.3) is 0 Å². The zero-order valence-electron chi connectivity index (χ0n) is 6.39. The van der Waals surface area contributed by atoms with E-state index in [9.17, 15) is 9.59 Å². The Bertz CT molecular complexity index is 239. The average Bonchev–Trinajstić information content (AvgIpc) is 2.32. The van der Waals surface area contributed by atoms with Crippen molar-refractivity contribution in [2.24, 2.45) is 0 Å². The van der Waals surface area contributed by atoms with Crippen LogP contribution in [0.3, 0.4) is 0 Å². The van der Waals surface area contributed by atoms with Gasteiger partial charge >= 0.3 is 0 Å². The number of carbonyl (C=O) groups is 2. The molecule has 0 aliphatic carbocycles. The topological polar surface area (TPSA) is 49.4 Å². The normalized spacial score (nSPS) is 35.9. The molecule has 2 amide bonds. The first-order chi connectivity index (χ1) is 5.12. The lowest BCUT2D eigenvalue weighted by atomic mass is 10.1. The first kappa shape index (κ1) is 6.64. The van der Waals surface area contributed by atoms with E-state index < -0.39 is 0 Å². The number of nitrogens with one attached hydrogen (secondary N) is 1. The summed E-state index contributed by atoms with van der Waals surface area (Å²) in [6, 6.07) is 0. The maximum atomic E-state index is 11.1. The third-order valence-corrected chi connectivity index (χ3v) is 2.43. The molecule has 1 atom stereocenters. The first-order valence-electron chi connectivity index (χ1n) is 3.73. The van der Waals surface area contributed by atoms with Crippen LogP contribution in [0.25, 0.3) is 0 Å². The summed E-state index contributed by atoms with van der Waals surface area (Å²) >= 11 is 0. The number of hydrogen-bond donors (Lipinski definition) is 1. The van der Waals surface area contributed by atoms with Gasteiger partial charge in [0.2, 0.25) is 11.8 Å². The second-order valence-corrected chi connectivity index (χ2v) is 3.30. The van der Waals surface area contributed by atoms with Crippen molar-refractivity contribution in [3.8, 4) is 0 Å². The minimum absolute atomic E-state index is 0.0412. The molecule has 4 heteroatoms. The third kappa shape index (κ3) is 0.751. The van der Waals surface area contributed by atoms with Crippen molar-refractivity contribution in [1.82, 2.24) is 10.2 Å². The van der Waals surface area contributed by atoms with E-state index in [2.05, 4.69) is 5.32 Å². The van der Waals surface area contributed by atoms with Crippen molar-refractivity contribution in [3.05, 3.63) is 0 Å². The minimum atomic E-state index is -0.367. The second kappa shape index (κ2) is 1.75. The van der Waals surface area contributed by atoms with Gasteiger partial charge in [-0.1, -0.05) is 0 Å². The van der Waals surface area contributed by atoms with E-state index in [-0.39, 0.29) is 24.0 Å². The summed E-state index contributed by atoms with van der Waals surface area (Å²) in [6.07, 6.45) is 1.31. The van der Waals surface area contributed by atoms with Crippen LogP contribution >= 0.6 is 0 Å². The number of carbonyl (C=O) groups excluding carboxylic acids is 2. The highest BCUT2D eigenvalue weighted by Gasteiger charge is 2.47. The molecule has 0 spiro atoms. The fourth-order valence-electron chi connectivity index (χ4n) is 1.77. The number of rotatable bonds is 0. The molecule has 60 valence electrons. The zero-order valence-corrected chi connectivity index (χ0v) is 6.39. The summed E-state index contributed by atoms with van der Waals surface area (Å²) in [7, 11) is 0. The van der Waals surface area contributed by atoms with Crippen LogP contribution in [0.5, 0.6) is 0 Å². The standard InChI is InChI=1S/C7H10N2O2/c1-7-3-2-6(11)9(7)4-5(10)8-7/h2-4H2,1H3,(H,8,10)/t7-/m1/s1. The molecule has 4 nitrogen and oxygen atoms in total. The van der Waals surface area contributed by atoms with Crippen LogP contribution in [0.4, 0.5) is 0 Å². The van der Waals surface area contributed by atoms with Gasteiger partial charge in [0.15, 0.2) is 0 Å². The van der Waals surface area contributed by atoms with Crippen molar-refractivity contribution < 1.29 is 9.59 Å². The summed E-state index contributed by atoms with van der Waals surface area (Å²) in [6.45, 7) is 2.14. The van der Waals surface area contributed by atoms with Crippen molar-refractivity contribution in [1.29, 1.82) is 0 Å². The predicted molar refractivity (Wildman–Crippen MR) is 37.5 cm³/mol. The molecule has 2 fully saturated rings. The maximum Gasteiger partial charge on any atom is 0.241 e. The van der Waals surface area contributed by atoms with Gasteiger partial charge in [-0.3, -0.25) is 9.59 Å². The molecule has 1 N–H and O–H groups in total. The Morgan fingerprint density at radius 2 is 2.27 bits per heavy atom. The lowest BCUT2D eigenvalue weighted by Gasteiger charge is -2.25. The van der Waals surface area contributed by atoms with E-state index in [4.69, 9.17) is 0 Å². The van der Waals surface area contributed by atoms with Gasteiger partial charge in [0.1, 0.15) is 12.2 Å². The van der Waals surface area contributed by atoms with Gasteiger partial charge in [-0.05, 0) is 13.3 Å². The van der Waals surface area contributed by atoms with Crippen LogP contribution in [0.15, 0.2) is 0 Å². The number of amides is 2. The van der Waals surface area contributed by atoms with Gasteiger partial charge in [-0.2, -0.15) is 0 Å². The molecule has 2 aliphatic rings. The van der Waals surface area contributed by atoms with E-state index in [1.165, 1.54) is 0 Å². The molecule has 0 radical (unpaired) electrons. The molecular formula is C7H10N2O2. The number of nitrogens with zero attached hydrogens (tertiary/aromatic N) is 1. The van der Waals surface area contributed by atoms with Gasteiger partial charge in [-0.25, -0.2) is 0 Å². The molecule has 2 rings (SSSR count). The second-order valence-electron chi connectivity index (χ2n) is 3.30. The molecule has 2 heterocycles. The van der Waals surface area contributed by atoms with Crippen LogP contribution < -0.4 is 5.32 Å². The fraction of sp³-hybridized carbons (Fsp3) is 0.714. The van der Waals surface area contributed by atoms with E-state index in [0.29, 0.717) is 6.42 Å². The van der Waals surface area contributed by atoms with Crippen molar-refractivity contribution >= 4 is 11.8 Å². The highest BCUT2D eigenvalue weighted by atomic mass is 16.2.